The van der Waals surface area contributed by atoms with Crippen LogP contribution in [0.15, 0.2) is 23.1 Å². The van der Waals surface area contributed by atoms with Crippen LogP contribution in [-0.4, -0.2) is 35.8 Å². The molecule has 0 radical (unpaired) electrons. The van der Waals surface area contributed by atoms with Crippen molar-refractivity contribution in [1.82, 2.24) is 4.90 Å². The molecule has 0 amide bonds. The van der Waals surface area contributed by atoms with Gasteiger partial charge >= 0.3 is 0 Å². The van der Waals surface area contributed by atoms with E-state index in [9.17, 15) is 5.26 Å². The van der Waals surface area contributed by atoms with E-state index >= 15 is 0 Å². The third kappa shape index (κ3) is 3.20. The van der Waals surface area contributed by atoms with Crippen molar-refractivity contribution in [3.8, 4) is 6.07 Å². The van der Waals surface area contributed by atoms with Gasteiger partial charge in [-0.15, -0.1) is 11.8 Å². The predicted molar refractivity (Wildman–Crippen MR) is 88.8 cm³/mol. The number of fused-ring (bicyclic) bond motifs is 1. The van der Waals surface area contributed by atoms with Gasteiger partial charge in [0, 0.05) is 23.5 Å². The molecule has 0 aliphatic carbocycles. The largest absolute Gasteiger partial charge is 0.381 e. The summed E-state index contributed by atoms with van der Waals surface area (Å²) in [7, 11) is 0. The second-order valence-corrected chi connectivity index (χ2v) is 7.23. The number of rotatable bonds is 4. The van der Waals surface area contributed by atoms with Gasteiger partial charge in [0.05, 0.1) is 11.3 Å². The lowest BCUT2D eigenvalue weighted by molar-refractivity contribution is 0.188. The first-order valence-corrected chi connectivity index (χ1v) is 8.97. The molecule has 2 fully saturated rings. The van der Waals surface area contributed by atoms with Crippen LogP contribution < -0.4 is 5.32 Å². The van der Waals surface area contributed by atoms with E-state index in [1.54, 1.807) is 11.8 Å². The lowest BCUT2D eigenvalue weighted by atomic mass is 9.97. The number of nitrogens with zero attached hydrogens (tertiary/aromatic N) is 2. The zero-order valence-corrected chi connectivity index (χ0v) is 13.5. The topological polar surface area (TPSA) is 39.1 Å². The molecule has 2 unspecified atom stereocenters. The molecule has 3 nitrogen and oxygen atoms in total. The van der Waals surface area contributed by atoms with Crippen LogP contribution in [0.4, 0.5) is 5.69 Å². The molecule has 2 atom stereocenters. The molecule has 4 heteroatoms. The first kappa shape index (κ1) is 14.7. The number of hydrogen-bond acceptors (Lipinski definition) is 4. The fourth-order valence-corrected chi connectivity index (χ4v) is 4.40. The summed E-state index contributed by atoms with van der Waals surface area (Å²) >= 11 is 1.75. The molecule has 3 rings (SSSR count). The summed E-state index contributed by atoms with van der Waals surface area (Å²) < 4.78 is 0. The van der Waals surface area contributed by atoms with Crippen molar-refractivity contribution in [3.05, 3.63) is 23.8 Å². The SMILES string of the molecule is CCSc1cccc(NC2CCN3CCCC3C2)c1C#N. The number of hydrogen-bond donors (Lipinski definition) is 1. The molecule has 0 spiro atoms. The maximum absolute atomic E-state index is 9.49. The van der Waals surface area contributed by atoms with Gasteiger partial charge in [0.15, 0.2) is 0 Å². The van der Waals surface area contributed by atoms with Crippen LogP contribution in [0, 0.1) is 11.3 Å². The number of benzene rings is 1. The van der Waals surface area contributed by atoms with Crippen LogP contribution in [0.25, 0.3) is 0 Å². The normalized spacial score (nSPS) is 25.3. The second-order valence-electron chi connectivity index (χ2n) is 5.92. The van der Waals surface area contributed by atoms with E-state index in [0.717, 1.165) is 27.9 Å². The number of anilines is 1. The monoisotopic (exact) mass is 301 g/mol. The zero-order chi connectivity index (χ0) is 14.7. The van der Waals surface area contributed by atoms with Crippen LogP contribution in [0.1, 0.15) is 38.2 Å². The van der Waals surface area contributed by atoms with E-state index in [1.807, 2.05) is 0 Å². The van der Waals surface area contributed by atoms with Crippen molar-refractivity contribution in [2.75, 3.05) is 24.2 Å². The third-order valence-corrected chi connectivity index (χ3v) is 5.56. The van der Waals surface area contributed by atoms with Gasteiger partial charge in [-0.05, 0) is 50.1 Å². The second kappa shape index (κ2) is 6.72. The highest BCUT2D eigenvalue weighted by Crippen LogP contribution is 2.32. The minimum Gasteiger partial charge on any atom is -0.381 e. The Bertz CT molecular complexity index is 537. The van der Waals surface area contributed by atoms with Gasteiger partial charge in [0.25, 0.3) is 0 Å². The molecular formula is C17H23N3S. The van der Waals surface area contributed by atoms with Gasteiger partial charge in [-0.3, -0.25) is 0 Å². The van der Waals surface area contributed by atoms with Crippen LogP contribution >= 0.6 is 11.8 Å². The van der Waals surface area contributed by atoms with Gasteiger partial charge in [-0.25, -0.2) is 0 Å². The summed E-state index contributed by atoms with van der Waals surface area (Å²) in [6.07, 6.45) is 5.10. The Hall–Kier alpha value is -1.18. The Morgan fingerprint density at radius 2 is 2.29 bits per heavy atom. The number of piperidine rings is 1. The molecule has 0 saturated carbocycles. The van der Waals surface area contributed by atoms with Gasteiger partial charge in [0.2, 0.25) is 0 Å². The average Bonchev–Trinajstić information content (AvgIpc) is 2.95. The maximum Gasteiger partial charge on any atom is 0.102 e. The van der Waals surface area contributed by atoms with Crippen LogP contribution in [-0.2, 0) is 0 Å². The third-order valence-electron chi connectivity index (χ3n) is 4.62. The van der Waals surface area contributed by atoms with Crippen LogP contribution in [0.2, 0.25) is 0 Å². The van der Waals surface area contributed by atoms with E-state index in [4.69, 9.17) is 0 Å². The molecule has 112 valence electrons. The Kier molecular flexibility index (Phi) is 4.72. The number of nitrogens with one attached hydrogen (secondary N) is 1. The van der Waals surface area contributed by atoms with Crippen molar-refractivity contribution in [1.29, 1.82) is 5.26 Å². The lowest BCUT2D eigenvalue weighted by Crippen LogP contribution is -2.42. The van der Waals surface area contributed by atoms with Crippen LogP contribution in [0.3, 0.4) is 0 Å². The Balaban J connectivity index is 1.73. The van der Waals surface area contributed by atoms with Crippen molar-refractivity contribution in [2.45, 2.75) is 49.6 Å². The molecule has 0 aromatic heterocycles. The van der Waals surface area contributed by atoms with E-state index in [2.05, 4.69) is 41.4 Å². The van der Waals surface area contributed by atoms with Crippen LogP contribution in [0.5, 0.6) is 0 Å². The Labute approximate surface area is 131 Å². The first-order valence-electron chi connectivity index (χ1n) is 7.98. The minimum absolute atomic E-state index is 0.512. The van der Waals surface area contributed by atoms with Gasteiger partial charge < -0.3 is 10.2 Å². The Morgan fingerprint density at radius 1 is 1.38 bits per heavy atom. The first-order chi connectivity index (χ1) is 10.3. The Morgan fingerprint density at radius 3 is 3.10 bits per heavy atom. The fourth-order valence-electron chi connectivity index (χ4n) is 3.62. The van der Waals surface area contributed by atoms with E-state index in [-0.39, 0.29) is 0 Å². The number of thioether (sulfide) groups is 1. The molecule has 0 bridgehead atoms. The summed E-state index contributed by atoms with van der Waals surface area (Å²) in [6, 6.07) is 9.83. The predicted octanol–water partition coefficient (Wildman–Crippen LogP) is 3.71. The molecule has 2 heterocycles. The summed E-state index contributed by atoms with van der Waals surface area (Å²) in [4.78, 5) is 3.73. The van der Waals surface area contributed by atoms with Crippen molar-refractivity contribution in [3.63, 3.8) is 0 Å². The molecule has 2 aliphatic heterocycles. The summed E-state index contributed by atoms with van der Waals surface area (Å²) in [6.45, 7) is 4.61. The molecule has 1 aromatic carbocycles. The molecule has 1 N–H and O–H groups in total. The van der Waals surface area contributed by atoms with Crippen molar-refractivity contribution < 1.29 is 0 Å². The summed E-state index contributed by atoms with van der Waals surface area (Å²) in [5.74, 6) is 0.999. The van der Waals surface area contributed by atoms with Gasteiger partial charge in [-0.2, -0.15) is 5.26 Å². The lowest BCUT2D eigenvalue weighted by Gasteiger charge is -2.35. The molecule has 2 saturated heterocycles. The van der Waals surface area contributed by atoms with E-state index in [0.29, 0.717) is 6.04 Å². The summed E-state index contributed by atoms with van der Waals surface area (Å²) in [5, 5.41) is 13.1. The molecule has 21 heavy (non-hydrogen) atoms. The highest BCUT2D eigenvalue weighted by atomic mass is 32.2. The van der Waals surface area contributed by atoms with Crippen molar-refractivity contribution >= 4 is 17.4 Å². The molecule has 2 aliphatic rings. The standard InChI is InChI=1S/C17H23N3S/c1-2-21-17-7-3-6-16(15(17)12-18)19-13-8-10-20-9-4-5-14(20)11-13/h3,6-7,13-14,19H,2,4-5,8-11H2,1H3. The fraction of sp³-hybridized carbons (Fsp3) is 0.588. The van der Waals surface area contributed by atoms with Crippen molar-refractivity contribution in [2.24, 2.45) is 0 Å². The van der Waals surface area contributed by atoms with Gasteiger partial charge in [0.1, 0.15) is 6.07 Å². The highest BCUT2D eigenvalue weighted by molar-refractivity contribution is 7.99. The quantitative estimate of drug-likeness (QED) is 0.861. The average molecular weight is 301 g/mol. The molecular weight excluding hydrogens is 278 g/mol. The number of nitriles is 1. The van der Waals surface area contributed by atoms with E-state index in [1.165, 1.54) is 38.8 Å². The maximum atomic E-state index is 9.49. The van der Waals surface area contributed by atoms with E-state index < -0.39 is 0 Å². The van der Waals surface area contributed by atoms with Gasteiger partial charge in [-0.1, -0.05) is 13.0 Å². The highest BCUT2D eigenvalue weighted by Gasteiger charge is 2.31. The molecule has 1 aromatic rings. The minimum atomic E-state index is 0.512. The summed E-state index contributed by atoms with van der Waals surface area (Å²) in [5.41, 5.74) is 1.84. The smallest absolute Gasteiger partial charge is 0.102 e. The zero-order valence-electron chi connectivity index (χ0n) is 12.6.